The molecule has 0 bridgehead atoms. The number of rotatable bonds is 5. The minimum absolute atomic E-state index is 0.139. The second kappa shape index (κ2) is 6.54. The Labute approximate surface area is 153 Å². The van der Waals surface area contributed by atoms with Crippen molar-refractivity contribution in [2.24, 2.45) is 5.92 Å². The molecule has 0 saturated heterocycles. The molecule has 0 spiro atoms. The number of aliphatic carboxylic acids is 1. The maximum absolute atomic E-state index is 11.0. The van der Waals surface area contributed by atoms with Crippen molar-refractivity contribution in [2.75, 3.05) is 0 Å². The Balaban J connectivity index is 1.54. The quantitative estimate of drug-likeness (QED) is 0.692. The molecule has 2 atom stereocenters. The zero-order valence-corrected chi connectivity index (χ0v) is 14.6. The van der Waals surface area contributed by atoms with Crippen LogP contribution in [-0.4, -0.2) is 26.0 Å². The van der Waals surface area contributed by atoms with Crippen molar-refractivity contribution in [1.82, 2.24) is 15.0 Å². The van der Waals surface area contributed by atoms with Crippen LogP contribution in [0, 0.1) is 5.92 Å². The number of nitrogens with zero attached hydrogens (tertiary/aromatic N) is 2. The van der Waals surface area contributed by atoms with Gasteiger partial charge in [0.25, 0.3) is 0 Å². The number of aromatic nitrogens is 3. The minimum atomic E-state index is -0.711. The fraction of sp³-hybridized carbons (Fsp3) is 0.167. The highest BCUT2D eigenvalue weighted by Crippen LogP contribution is 2.47. The van der Waals surface area contributed by atoms with Crippen LogP contribution in [0.15, 0.2) is 59.0 Å². The number of carbonyl (C=O) groups is 1. The van der Waals surface area contributed by atoms with Gasteiger partial charge in [-0.05, 0) is 41.8 Å². The zero-order chi connectivity index (χ0) is 17.4. The highest BCUT2D eigenvalue weighted by molar-refractivity contribution is 7.99. The molecule has 126 valence electrons. The summed E-state index contributed by atoms with van der Waals surface area (Å²) < 4.78 is 0. The van der Waals surface area contributed by atoms with Gasteiger partial charge < -0.3 is 10.1 Å². The molecule has 1 aromatic carbocycles. The summed E-state index contributed by atoms with van der Waals surface area (Å²) in [5.74, 6) is -0.808. The van der Waals surface area contributed by atoms with Crippen molar-refractivity contribution >= 4 is 29.3 Å². The van der Waals surface area contributed by atoms with Crippen LogP contribution in [0.1, 0.15) is 17.9 Å². The average Bonchev–Trinajstić information content (AvgIpc) is 3.30. The Hall–Kier alpha value is -2.31. The van der Waals surface area contributed by atoms with Gasteiger partial charge in [-0.25, -0.2) is 9.97 Å². The van der Waals surface area contributed by atoms with Crippen molar-refractivity contribution < 1.29 is 9.90 Å². The molecule has 1 aliphatic carbocycles. The molecule has 0 amide bonds. The smallest absolute Gasteiger partial charge is 0.307 e. The van der Waals surface area contributed by atoms with E-state index < -0.39 is 5.97 Å². The molecule has 1 fully saturated rings. The molecule has 25 heavy (non-hydrogen) atoms. The third-order valence-electron chi connectivity index (χ3n) is 4.24. The van der Waals surface area contributed by atoms with Gasteiger partial charge in [-0.3, -0.25) is 4.79 Å². The summed E-state index contributed by atoms with van der Waals surface area (Å²) in [6.45, 7) is 0. The van der Waals surface area contributed by atoms with Gasteiger partial charge >= 0.3 is 5.97 Å². The van der Waals surface area contributed by atoms with Gasteiger partial charge in [-0.15, -0.1) is 0 Å². The number of halogens is 1. The maximum atomic E-state index is 11.0. The summed E-state index contributed by atoms with van der Waals surface area (Å²) in [7, 11) is 0. The first kappa shape index (κ1) is 16.2. The Bertz CT molecular complexity index is 909. The Morgan fingerprint density at radius 2 is 2.00 bits per heavy atom. The highest BCUT2D eigenvalue weighted by atomic mass is 35.5. The van der Waals surface area contributed by atoms with E-state index in [9.17, 15) is 4.79 Å². The number of carboxylic acid groups (broad SMARTS) is 1. The van der Waals surface area contributed by atoms with Gasteiger partial charge in [0.15, 0.2) is 0 Å². The van der Waals surface area contributed by atoms with E-state index in [1.54, 1.807) is 18.6 Å². The van der Waals surface area contributed by atoms with Gasteiger partial charge in [-0.2, -0.15) is 0 Å². The SMILES string of the molecule is O=C(O)[C@H]1C[C@@H]1c1ccc(-c2[nH]cnc2Sc2ccc(Cl)cn2)cc1. The average molecular weight is 372 g/mol. The normalized spacial score (nSPS) is 18.9. The third kappa shape index (κ3) is 3.41. The summed E-state index contributed by atoms with van der Waals surface area (Å²) in [6, 6.07) is 11.6. The molecule has 2 heterocycles. The number of benzene rings is 1. The largest absolute Gasteiger partial charge is 0.481 e. The van der Waals surface area contributed by atoms with Gasteiger partial charge in [0.05, 0.1) is 23.0 Å². The summed E-state index contributed by atoms with van der Waals surface area (Å²) in [4.78, 5) is 22.8. The molecule has 2 N–H and O–H groups in total. The summed E-state index contributed by atoms with van der Waals surface area (Å²) in [5.41, 5.74) is 2.99. The van der Waals surface area contributed by atoms with E-state index >= 15 is 0 Å². The van der Waals surface area contributed by atoms with E-state index in [4.69, 9.17) is 16.7 Å². The van der Waals surface area contributed by atoms with Gasteiger partial charge in [0, 0.05) is 11.8 Å². The third-order valence-corrected chi connectivity index (χ3v) is 5.42. The van der Waals surface area contributed by atoms with E-state index in [1.165, 1.54) is 11.8 Å². The standard InChI is InChI=1S/C18H14ClN3O2S/c19-12-5-6-15(20-8-12)25-17-16(21-9-22-17)11-3-1-10(2-4-11)13-7-14(13)18(23)24/h1-6,8-9,13-14H,7H2,(H,21,22)(H,23,24)/t13-,14+/m1/s1. The van der Waals surface area contributed by atoms with Crippen LogP contribution < -0.4 is 0 Å². The lowest BCUT2D eigenvalue weighted by molar-refractivity contribution is -0.138. The Morgan fingerprint density at radius 1 is 1.20 bits per heavy atom. The predicted octanol–water partition coefficient (Wildman–Crippen LogP) is 4.46. The van der Waals surface area contributed by atoms with Crippen molar-refractivity contribution in [3.8, 4) is 11.3 Å². The molecule has 1 aliphatic rings. The van der Waals surface area contributed by atoms with Crippen LogP contribution in [0.25, 0.3) is 11.3 Å². The number of pyridine rings is 1. The summed E-state index contributed by atoms with van der Waals surface area (Å²) in [5, 5.41) is 11.3. The lowest BCUT2D eigenvalue weighted by atomic mass is 10.1. The number of hydrogen-bond donors (Lipinski definition) is 2. The van der Waals surface area contributed by atoms with Crippen LogP contribution in [0.3, 0.4) is 0 Å². The minimum Gasteiger partial charge on any atom is -0.481 e. The molecular weight excluding hydrogens is 358 g/mol. The van der Waals surface area contributed by atoms with Crippen LogP contribution in [-0.2, 0) is 4.79 Å². The van der Waals surface area contributed by atoms with E-state index in [0.29, 0.717) is 5.02 Å². The molecule has 0 radical (unpaired) electrons. The molecule has 0 unspecified atom stereocenters. The zero-order valence-electron chi connectivity index (χ0n) is 13.0. The molecule has 0 aliphatic heterocycles. The number of hydrogen-bond acceptors (Lipinski definition) is 4. The molecular formula is C18H14ClN3O2S. The van der Waals surface area contributed by atoms with E-state index in [-0.39, 0.29) is 11.8 Å². The van der Waals surface area contributed by atoms with Crippen LogP contribution in [0.5, 0.6) is 0 Å². The van der Waals surface area contributed by atoms with Crippen molar-refractivity contribution in [3.63, 3.8) is 0 Å². The topological polar surface area (TPSA) is 78.9 Å². The monoisotopic (exact) mass is 371 g/mol. The fourth-order valence-electron chi connectivity index (χ4n) is 2.82. The summed E-state index contributed by atoms with van der Waals surface area (Å²) >= 11 is 7.33. The first-order chi connectivity index (χ1) is 12.1. The van der Waals surface area contributed by atoms with Gasteiger partial charge in [0.1, 0.15) is 10.1 Å². The van der Waals surface area contributed by atoms with E-state index in [0.717, 1.165) is 33.3 Å². The number of nitrogens with one attached hydrogen (secondary N) is 1. The Kier molecular flexibility index (Phi) is 4.23. The molecule has 4 rings (SSSR count). The maximum Gasteiger partial charge on any atom is 0.307 e. The molecule has 2 aromatic heterocycles. The first-order valence-corrected chi connectivity index (χ1v) is 8.97. The van der Waals surface area contributed by atoms with E-state index in [1.807, 2.05) is 30.3 Å². The van der Waals surface area contributed by atoms with Crippen LogP contribution in [0.4, 0.5) is 0 Å². The van der Waals surface area contributed by atoms with Gasteiger partial charge in [0.2, 0.25) is 0 Å². The van der Waals surface area contributed by atoms with Crippen LogP contribution in [0.2, 0.25) is 5.02 Å². The number of imidazole rings is 1. The fourth-order valence-corrected chi connectivity index (χ4v) is 3.76. The first-order valence-electron chi connectivity index (χ1n) is 7.78. The lowest BCUT2D eigenvalue weighted by Crippen LogP contribution is -1.98. The second-order valence-electron chi connectivity index (χ2n) is 5.91. The van der Waals surface area contributed by atoms with E-state index in [2.05, 4.69) is 15.0 Å². The second-order valence-corrected chi connectivity index (χ2v) is 7.35. The molecule has 1 saturated carbocycles. The number of H-pyrrole nitrogens is 1. The molecule has 5 nitrogen and oxygen atoms in total. The molecule has 3 aromatic rings. The highest BCUT2D eigenvalue weighted by Gasteiger charge is 2.44. The lowest BCUT2D eigenvalue weighted by Gasteiger charge is -2.05. The Morgan fingerprint density at radius 3 is 2.64 bits per heavy atom. The number of aromatic amines is 1. The number of carboxylic acids is 1. The van der Waals surface area contributed by atoms with Crippen molar-refractivity contribution in [3.05, 3.63) is 59.5 Å². The van der Waals surface area contributed by atoms with Crippen molar-refractivity contribution in [1.29, 1.82) is 0 Å². The predicted molar refractivity (Wildman–Crippen MR) is 95.9 cm³/mol. The molecule has 7 heteroatoms. The van der Waals surface area contributed by atoms with Crippen LogP contribution >= 0.6 is 23.4 Å². The van der Waals surface area contributed by atoms with Crippen molar-refractivity contribution in [2.45, 2.75) is 22.4 Å². The van der Waals surface area contributed by atoms with Gasteiger partial charge in [-0.1, -0.05) is 35.9 Å². The summed E-state index contributed by atoms with van der Waals surface area (Å²) in [6.07, 6.45) is 3.99.